The first-order valence-corrected chi connectivity index (χ1v) is 20.2. The lowest BCUT2D eigenvalue weighted by Gasteiger charge is -2.61. The van der Waals surface area contributed by atoms with Crippen LogP contribution in [0, 0.1) is 52.3 Å². The highest BCUT2D eigenvalue weighted by Crippen LogP contribution is 2.71. The normalized spacial score (nSPS) is 59.9. The van der Waals surface area contributed by atoms with Crippen molar-refractivity contribution in [3.05, 3.63) is 0 Å². The highest BCUT2D eigenvalue weighted by molar-refractivity contribution is 5.15. The van der Waals surface area contributed by atoms with E-state index in [0.29, 0.717) is 41.4 Å². The third kappa shape index (κ3) is 5.91. The molecule has 0 aromatic rings. The molecule has 4 aliphatic carbocycles. The average Bonchev–Trinajstić information content (AvgIpc) is 3.56. The van der Waals surface area contributed by atoms with Crippen molar-refractivity contribution in [2.45, 2.75) is 178 Å². The number of hydrogen-bond acceptors (Lipinski definition) is 12. The summed E-state index contributed by atoms with van der Waals surface area (Å²) in [5.41, 5.74) is 0.464. The maximum Gasteiger partial charge on any atom is 0.187 e. The first-order chi connectivity index (χ1) is 24.2. The SMILES string of the molecule is CC1CCC2(OC1)OC1CC3C4CCC5CC(O[C@@H]6O[C@H](CO)[C@@H](O)[C@@H](O)[C@H]6O[C@@H]6O[C@H](C)[C@@H](O)[C@@H](O)[C@H]6O)CCC5(C)C4CCC3(C)C1C2C. The highest BCUT2D eigenvalue weighted by Gasteiger charge is 2.69. The molecule has 4 heterocycles. The Morgan fingerprint density at radius 2 is 1.47 bits per heavy atom. The van der Waals surface area contributed by atoms with Gasteiger partial charge >= 0.3 is 0 Å². The minimum absolute atomic E-state index is 0.190. The summed E-state index contributed by atoms with van der Waals surface area (Å²) in [5, 5.41) is 62.9. The number of aliphatic hydroxyl groups excluding tert-OH is 6. The molecule has 51 heavy (non-hydrogen) atoms. The van der Waals surface area contributed by atoms with Gasteiger partial charge in [-0.05, 0) is 111 Å². The van der Waals surface area contributed by atoms with Gasteiger partial charge in [0.05, 0.1) is 31.5 Å². The molecule has 0 radical (unpaired) electrons. The van der Waals surface area contributed by atoms with Crippen molar-refractivity contribution in [2.75, 3.05) is 13.2 Å². The van der Waals surface area contributed by atoms with Crippen molar-refractivity contribution in [2.24, 2.45) is 52.3 Å². The summed E-state index contributed by atoms with van der Waals surface area (Å²) in [5.74, 6) is 3.63. The lowest BCUT2D eigenvalue weighted by Crippen LogP contribution is -2.64. The van der Waals surface area contributed by atoms with Crippen LogP contribution in [0.4, 0.5) is 0 Å². The Labute approximate surface area is 302 Å². The predicted octanol–water partition coefficient (Wildman–Crippen LogP) is 2.47. The molecule has 0 amide bonds. The summed E-state index contributed by atoms with van der Waals surface area (Å²) < 4.78 is 37.7. The second kappa shape index (κ2) is 13.6. The van der Waals surface area contributed by atoms with Crippen LogP contribution in [0.25, 0.3) is 0 Å². The molecule has 4 aliphatic heterocycles. The second-order valence-electron chi connectivity index (χ2n) is 18.7. The van der Waals surface area contributed by atoms with Crippen molar-refractivity contribution in [3.63, 3.8) is 0 Å². The van der Waals surface area contributed by atoms with Gasteiger partial charge in [0, 0.05) is 12.3 Å². The predicted molar refractivity (Wildman–Crippen MR) is 182 cm³/mol. The van der Waals surface area contributed by atoms with E-state index in [2.05, 4.69) is 27.7 Å². The number of aliphatic hydroxyl groups is 6. The maximum atomic E-state index is 11.1. The van der Waals surface area contributed by atoms with Gasteiger partial charge in [0.15, 0.2) is 18.4 Å². The van der Waals surface area contributed by atoms with Gasteiger partial charge in [-0.25, -0.2) is 0 Å². The minimum atomic E-state index is -1.60. The first-order valence-electron chi connectivity index (χ1n) is 20.2. The van der Waals surface area contributed by atoms with E-state index >= 15 is 0 Å². The third-order valence-electron chi connectivity index (χ3n) is 16.1. The lowest BCUT2D eigenvalue weighted by molar-refractivity contribution is -0.371. The van der Waals surface area contributed by atoms with Crippen LogP contribution in [0.3, 0.4) is 0 Å². The van der Waals surface area contributed by atoms with E-state index in [-0.39, 0.29) is 23.0 Å². The monoisotopic (exact) mass is 724 g/mol. The molecule has 1 spiro atoms. The average molecular weight is 725 g/mol. The highest BCUT2D eigenvalue weighted by atomic mass is 16.8. The van der Waals surface area contributed by atoms with Crippen LogP contribution >= 0.6 is 0 Å². The molecule has 0 aromatic heterocycles. The Hall–Kier alpha value is -0.480. The maximum absolute atomic E-state index is 11.1. The lowest BCUT2D eigenvalue weighted by atomic mass is 9.44. The van der Waals surface area contributed by atoms with E-state index in [1.165, 1.54) is 25.7 Å². The standard InChI is InChI=1S/C39H64O12/c1-18-8-13-39(46-17-18)19(2)28-26(51-39)15-25-23-7-6-21-14-22(9-11-37(21,4)24(23)10-12-38(25,28)5)48-36-34(32(44)30(42)27(16-40)49-36)50-35-33(45)31(43)29(41)20(3)47-35/h18-36,40-45H,6-17H2,1-5H3/t18?,19?,20-,21?,22?,23?,24?,25?,26?,27-,28?,29-,30-,31-,32-,33-,34-,35+,36-,37?,38?,39?/m1/s1. The number of ether oxygens (including phenoxy) is 6. The molecule has 4 saturated carbocycles. The molecule has 8 aliphatic rings. The van der Waals surface area contributed by atoms with Gasteiger partial charge in [0.2, 0.25) is 0 Å². The van der Waals surface area contributed by atoms with Crippen LogP contribution < -0.4 is 0 Å². The zero-order valence-electron chi connectivity index (χ0n) is 31.1. The summed E-state index contributed by atoms with van der Waals surface area (Å²) in [4.78, 5) is 0. The molecule has 8 rings (SSSR count). The molecule has 12 heteroatoms. The van der Waals surface area contributed by atoms with Crippen LogP contribution in [0.15, 0.2) is 0 Å². The van der Waals surface area contributed by atoms with Gasteiger partial charge in [-0.1, -0.05) is 27.7 Å². The number of fused-ring (bicyclic) bond motifs is 7. The fourth-order valence-electron chi connectivity index (χ4n) is 13.1. The van der Waals surface area contributed by atoms with Crippen molar-refractivity contribution in [1.29, 1.82) is 0 Å². The van der Waals surface area contributed by atoms with E-state index in [1.807, 2.05) is 0 Å². The smallest absolute Gasteiger partial charge is 0.187 e. The fraction of sp³-hybridized carbons (Fsp3) is 1.00. The molecule has 8 fully saturated rings. The minimum Gasteiger partial charge on any atom is -0.394 e. The molecular formula is C39H64O12. The van der Waals surface area contributed by atoms with Crippen molar-refractivity contribution in [1.82, 2.24) is 0 Å². The van der Waals surface area contributed by atoms with Crippen LogP contribution in [-0.4, -0.2) is 123 Å². The van der Waals surface area contributed by atoms with E-state index in [1.54, 1.807) is 6.92 Å². The molecular weight excluding hydrogens is 660 g/mol. The second-order valence-corrected chi connectivity index (χ2v) is 18.7. The topological polar surface area (TPSA) is 177 Å². The molecule has 22 atom stereocenters. The zero-order chi connectivity index (χ0) is 36.2. The molecule has 292 valence electrons. The Morgan fingerprint density at radius 3 is 2.20 bits per heavy atom. The Balaban J connectivity index is 0.941. The Bertz CT molecular complexity index is 1250. The first kappa shape index (κ1) is 37.4. The molecule has 12 nitrogen and oxygen atoms in total. The Morgan fingerprint density at radius 1 is 0.706 bits per heavy atom. The molecule has 0 bridgehead atoms. The van der Waals surface area contributed by atoms with Crippen molar-refractivity contribution in [3.8, 4) is 0 Å². The Kier molecular flexibility index (Phi) is 10.00. The summed E-state index contributed by atoms with van der Waals surface area (Å²) >= 11 is 0. The van der Waals surface area contributed by atoms with Gasteiger partial charge in [0.25, 0.3) is 0 Å². The van der Waals surface area contributed by atoms with Crippen molar-refractivity contribution < 1.29 is 59.1 Å². The summed E-state index contributed by atoms with van der Waals surface area (Å²) in [6.45, 7) is 11.6. The fourth-order valence-corrected chi connectivity index (χ4v) is 13.1. The van der Waals surface area contributed by atoms with Gasteiger partial charge in [-0.2, -0.15) is 0 Å². The van der Waals surface area contributed by atoms with Crippen LogP contribution in [-0.2, 0) is 28.4 Å². The van der Waals surface area contributed by atoms with Crippen LogP contribution in [0.5, 0.6) is 0 Å². The van der Waals surface area contributed by atoms with E-state index in [0.717, 1.165) is 45.1 Å². The molecule has 4 saturated heterocycles. The van der Waals surface area contributed by atoms with E-state index < -0.39 is 73.8 Å². The van der Waals surface area contributed by atoms with Crippen LogP contribution in [0.1, 0.15) is 98.8 Å². The number of hydrogen-bond donors (Lipinski definition) is 6. The van der Waals surface area contributed by atoms with Gasteiger partial charge in [-0.15, -0.1) is 0 Å². The summed E-state index contributed by atoms with van der Waals surface area (Å²) in [6.07, 6.45) is -2.28. The van der Waals surface area contributed by atoms with Crippen molar-refractivity contribution >= 4 is 0 Å². The molecule has 0 aromatic carbocycles. The zero-order valence-corrected chi connectivity index (χ0v) is 31.1. The molecule has 12 unspecified atom stereocenters. The van der Waals surface area contributed by atoms with Gasteiger partial charge in [-0.3, -0.25) is 0 Å². The number of rotatable bonds is 5. The van der Waals surface area contributed by atoms with E-state index in [4.69, 9.17) is 28.4 Å². The third-order valence-corrected chi connectivity index (χ3v) is 16.1. The van der Waals surface area contributed by atoms with Gasteiger partial charge in [0.1, 0.15) is 42.7 Å². The summed E-state index contributed by atoms with van der Waals surface area (Å²) in [7, 11) is 0. The van der Waals surface area contributed by atoms with Gasteiger partial charge < -0.3 is 59.1 Å². The molecule has 6 N–H and O–H groups in total. The van der Waals surface area contributed by atoms with Crippen LogP contribution in [0.2, 0.25) is 0 Å². The summed E-state index contributed by atoms with van der Waals surface area (Å²) in [6, 6.07) is 0. The quantitative estimate of drug-likeness (QED) is 0.229. The largest absolute Gasteiger partial charge is 0.394 e. The van der Waals surface area contributed by atoms with E-state index in [9.17, 15) is 30.6 Å².